The van der Waals surface area contributed by atoms with E-state index >= 15 is 0 Å². The third-order valence-electron chi connectivity index (χ3n) is 2.37. The van der Waals surface area contributed by atoms with E-state index in [0.29, 0.717) is 10.7 Å². The molecule has 0 radical (unpaired) electrons. The molecule has 0 aliphatic rings. The Kier molecular flexibility index (Phi) is 3.15. The number of nitrogens with zero attached hydrogens (tertiary/aromatic N) is 2. The summed E-state index contributed by atoms with van der Waals surface area (Å²) in [7, 11) is 0. The second kappa shape index (κ2) is 4.58. The van der Waals surface area contributed by atoms with Crippen LogP contribution in [-0.2, 0) is 6.54 Å². The van der Waals surface area contributed by atoms with Crippen molar-refractivity contribution >= 4 is 17.3 Å². The van der Waals surface area contributed by atoms with Crippen molar-refractivity contribution in [2.75, 3.05) is 5.73 Å². The number of benzene rings is 1. The summed E-state index contributed by atoms with van der Waals surface area (Å²) in [5.74, 6) is 0. The SMILES string of the molecule is CCCn1cc(N)c(-c2ccccc2Cl)n1. The summed E-state index contributed by atoms with van der Waals surface area (Å²) in [6.45, 7) is 2.97. The van der Waals surface area contributed by atoms with Gasteiger partial charge < -0.3 is 5.73 Å². The van der Waals surface area contributed by atoms with Gasteiger partial charge in [0.15, 0.2) is 0 Å². The predicted molar refractivity (Wildman–Crippen MR) is 67.4 cm³/mol. The van der Waals surface area contributed by atoms with E-state index in [1.165, 1.54) is 0 Å². The van der Waals surface area contributed by atoms with E-state index in [4.69, 9.17) is 17.3 Å². The van der Waals surface area contributed by atoms with Crippen molar-refractivity contribution in [3.05, 3.63) is 35.5 Å². The number of hydrogen-bond acceptors (Lipinski definition) is 2. The predicted octanol–water partition coefficient (Wildman–Crippen LogP) is 3.20. The van der Waals surface area contributed by atoms with Crippen LogP contribution in [0.25, 0.3) is 11.3 Å². The number of hydrogen-bond donors (Lipinski definition) is 1. The van der Waals surface area contributed by atoms with Crippen LogP contribution in [0.3, 0.4) is 0 Å². The molecule has 2 N–H and O–H groups in total. The fraction of sp³-hybridized carbons (Fsp3) is 0.250. The second-order valence-electron chi connectivity index (χ2n) is 3.68. The molecule has 0 saturated heterocycles. The van der Waals surface area contributed by atoms with E-state index in [2.05, 4.69) is 12.0 Å². The van der Waals surface area contributed by atoms with E-state index in [0.717, 1.165) is 24.2 Å². The summed E-state index contributed by atoms with van der Waals surface area (Å²) < 4.78 is 1.86. The van der Waals surface area contributed by atoms with Crippen molar-refractivity contribution in [1.82, 2.24) is 9.78 Å². The monoisotopic (exact) mass is 235 g/mol. The molecule has 1 aromatic heterocycles. The van der Waals surface area contributed by atoms with Gasteiger partial charge in [0.05, 0.1) is 10.7 Å². The maximum absolute atomic E-state index is 6.11. The Morgan fingerprint density at radius 1 is 1.38 bits per heavy atom. The molecule has 0 saturated carbocycles. The number of aromatic nitrogens is 2. The van der Waals surface area contributed by atoms with Gasteiger partial charge in [0.1, 0.15) is 5.69 Å². The van der Waals surface area contributed by atoms with Crippen molar-refractivity contribution in [3.63, 3.8) is 0 Å². The Balaban J connectivity index is 2.44. The van der Waals surface area contributed by atoms with Crippen molar-refractivity contribution in [2.45, 2.75) is 19.9 Å². The maximum Gasteiger partial charge on any atom is 0.117 e. The molecule has 0 aliphatic carbocycles. The van der Waals surface area contributed by atoms with E-state index in [-0.39, 0.29) is 0 Å². The third-order valence-corrected chi connectivity index (χ3v) is 2.70. The largest absolute Gasteiger partial charge is 0.396 e. The maximum atomic E-state index is 6.11. The summed E-state index contributed by atoms with van der Waals surface area (Å²) in [5, 5.41) is 5.11. The molecule has 2 aromatic rings. The van der Waals surface area contributed by atoms with Crippen LogP contribution in [0.2, 0.25) is 5.02 Å². The molecule has 0 amide bonds. The molecule has 84 valence electrons. The number of aryl methyl sites for hydroxylation is 1. The van der Waals surface area contributed by atoms with Gasteiger partial charge in [0.25, 0.3) is 0 Å². The minimum atomic E-state index is 0.668. The molecule has 0 atom stereocenters. The standard InChI is InChI=1S/C12H14ClN3/c1-2-7-16-8-11(14)12(15-16)9-5-3-4-6-10(9)13/h3-6,8H,2,7,14H2,1H3. The van der Waals surface area contributed by atoms with Crippen LogP contribution in [0, 0.1) is 0 Å². The van der Waals surface area contributed by atoms with Crippen LogP contribution < -0.4 is 5.73 Å². The molecule has 4 heteroatoms. The Hall–Kier alpha value is -1.48. The lowest BCUT2D eigenvalue weighted by molar-refractivity contribution is 0.605. The van der Waals surface area contributed by atoms with E-state index in [1.807, 2.05) is 35.1 Å². The first-order chi connectivity index (χ1) is 7.72. The number of nitrogen functional groups attached to an aromatic ring is 1. The molecule has 0 bridgehead atoms. The van der Waals surface area contributed by atoms with Gasteiger partial charge in [0.2, 0.25) is 0 Å². The van der Waals surface area contributed by atoms with Crippen LogP contribution >= 0.6 is 11.6 Å². The van der Waals surface area contributed by atoms with Crippen LogP contribution in [0.15, 0.2) is 30.5 Å². The molecule has 16 heavy (non-hydrogen) atoms. The van der Waals surface area contributed by atoms with Gasteiger partial charge in [-0.2, -0.15) is 5.10 Å². The molecule has 0 unspecified atom stereocenters. The number of anilines is 1. The van der Waals surface area contributed by atoms with Crippen molar-refractivity contribution in [2.24, 2.45) is 0 Å². The van der Waals surface area contributed by atoms with Crippen LogP contribution in [0.1, 0.15) is 13.3 Å². The lowest BCUT2D eigenvalue weighted by Gasteiger charge is -2.01. The van der Waals surface area contributed by atoms with Crippen LogP contribution in [0.5, 0.6) is 0 Å². The smallest absolute Gasteiger partial charge is 0.117 e. The van der Waals surface area contributed by atoms with Crippen LogP contribution in [0.4, 0.5) is 5.69 Å². The molecular weight excluding hydrogens is 222 g/mol. The molecule has 3 nitrogen and oxygen atoms in total. The minimum absolute atomic E-state index is 0.668. The normalized spacial score (nSPS) is 10.6. The van der Waals surface area contributed by atoms with E-state index < -0.39 is 0 Å². The summed E-state index contributed by atoms with van der Waals surface area (Å²) in [6.07, 6.45) is 2.88. The molecule has 1 aromatic carbocycles. The van der Waals surface area contributed by atoms with Gasteiger partial charge in [-0.1, -0.05) is 36.7 Å². The summed E-state index contributed by atoms with van der Waals surface area (Å²) in [4.78, 5) is 0. The first-order valence-corrected chi connectivity index (χ1v) is 5.68. The Morgan fingerprint density at radius 2 is 2.12 bits per heavy atom. The van der Waals surface area contributed by atoms with Gasteiger partial charge in [-0.05, 0) is 12.5 Å². The van der Waals surface area contributed by atoms with Gasteiger partial charge in [-0.15, -0.1) is 0 Å². The zero-order valence-electron chi connectivity index (χ0n) is 9.15. The van der Waals surface area contributed by atoms with E-state index in [9.17, 15) is 0 Å². The Labute approximate surface area is 99.8 Å². The van der Waals surface area contributed by atoms with Crippen molar-refractivity contribution in [3.8, 4) is 11.3 Å². The quantitative estimate of drug-likeness (QED) is 0.888. The number of halogens is 1. The van der Waals surface area contributed by atoms with Gasteiger partial charge in [-0.25, -0.2) is 0 Å². The zero-order chi connectivity index (χ0) is 11.5. The number of nitrogens with two attached hydrogens (primary N) is 1. The Bertz CT molecular complexity index is 491. The molecule has 0 aliphatic heterocycles. The average molecular weight is 236 g/mol. The van der Waals surface area contributed by atoms with E-state index in [1.54, 1.807) is 0 Å². The lowest BCUT2D eigenvalue weighted by atomic mass is 10.1. The van der Waals surface area contributed by atoms with Gasteiger partial charge >= 0.3 is 0 Å². The second-order valence-corrected chi connectivity index (χ2v) is 4.08. The highest BCUT2D eigenvalue weighted by molar-refractivity contribution is 6.33. The molecule has 0 fully saturated rings. The minimum Gasteiger partial charge on any atom is -0.396 e. The third kappa shape index (κ3) is 2.04. The average Bonchev–Trinajstić information content (AvgIpc) is 2.61. The Morgan fingerprint density at radius 3 is 2.81 bits per heavy atom. The first kappa shape index (κ1) is 11.0. The summed E-state index contributed by atoms with van der Waals surface area (Å²) >= 11 is 6.11. The van der Waals surface area contributed by atoms with Crippen LogP contribution in [-0.4, -0.2) is 9.78 Å². The van der Waals surface area contributed by atoms with Crippen molar-refractivity contribution in [1.29, 1.82) is 0 Å². The van der Waals surface area contributed by atoms with Gasteiger partial charge in [-0.3, -0.25) is 4.68 Å². The summed E-state index contributed by atoms with van der Waals surface area (Å²) in [5.41, 5.74) is 8.25. The first-order valence-electron chi connectivity index (χ1n) is 5.30. The lowest BCUT2D eigenvalue weighted by Crippen LogP contribution is -1.96. The molecule has 0 spiro atoms. The fourth-order valence-electron chi connectivity index (χ4n) is 1.64. The van der Waals surface area contributed by atoms with Gasteiger partial charge in [0, 0.05) is 18.3 Å². The summed E-state index contributed by atoms with van der Waals surface area (Å²) in [6, 6.07) is 7.59. The molecule has 2 rings (SSSR count). The highest BCUT2D eigenvalue weighted by Gasteiger charge is 2.10. The molecule has 1 heterocycles. The highest BCUT2D eigenvalue weighted by Crippen LogP contribution is 2.30. The fourth-order valence-corrected chi connectivity index (χ4v) is 1.87. The molecular formula is C12H14ClN3. The van der Waals surface area contributed by atoms with Crippen molar-refractivity contribution < 1.29 is 0 Å². The number of rotatable bonds is 3. The highest BCUT2D eigenvalue weighted by atomic mass is 35.5. The topological polar surface area (TPSA) is 43.8 Å². The zero-order valence-corrected chi connectivity index (χ0v) is 9.91.